The van der Waals surface area contributed by atoms with Crippen molar-refractivity contribution in [1.29, 1.82) is 0 Å². The predicted molar refractivity (Wildman–Crippen MR) is 501 cm³/mol. The molecule has 0 spiro atoms. The topological polar surface area (TPSA) is 201 Å². The number of hydrogen-bond donors (Lipinski definition) is 7. The van der Waals surface area contributed by atoms with Crippen LogP contribution >= 0.6 is 11.3 Å². The quantitative estimate of drug-likeness (QED) is 0.0783. The van der Waals surface area contributed by atoms with E-state index in [1.54, 1.807) is 0 Å². The number of aromatic nitrogens is 13. The van der Waals surface area contributed by atoms with Crippen molar-refractivity contribution in [2.75, 3.05) is 0 Å². The van der Waals surface area contributed by atoms with Crippen LogP contribution in [0.15, 0.2) is 242 Å². The Bertz CT molecular complexity index is 4900. The number of benzene rings is 6. The van der Waals surface area contributed by atoms with Crippen LogP contribution in [0.3, 0.4) is 0 Å². The summed E-state index contributed by atoms with van der Waals surface area (Å²) in [6.45, 7) is 59.2. The Morgan fingerprint density at radius 3 is 1.22 bits per heavy atom. The molecule has 6 aromatic carbocycles. The third-order valence-electron chi connectivity index (χ3n) is 19.7. The SMILES string of the molecule is CC(C)(C)c1[nH]nc2ccccc12.CC(C)(C)c1cc2ccccc2[nH]1.CC(C)(C)c1cc2ccccc2o1.CC(C)(C)c1cc2ccccc2s1.CC(C)(C)c1cc2cccnc2[nH]1.CC(C)(C)c1cc2ccncc2[nH]1.CC(C)(C)c1cc2cnccc2[nH]1.CC(C)(C)c1nc2ccccc2[nH]1.CC(C)(C)c1nc2ccccc2[nH]1. The minimum absolute atomic E-state index is 0.0962. The Labute approximate surface area is 697 Å². The van der Waals surface area contributed by atoms with Crippen LogP contribution in [0, 0.1) is 0 Å². The van der Waals surface area contributed by atoms with Crippen molar-refractivity contribution in [3.8, 4) is 0 Å². The van der Waals surface area contributed by atoms with Crippen LogP contribution in [0.4, 0.5) is 0 Å². The number of rotatable bonds is 0. The molecule has 0 aliphatic heterocycles. The van der Waals surface area contributed by atoms with Crippen molar-refractivity contribution in [1.82, 2.24) is 65.0 Å². The lowest BCUT2D eigenvalue weighted by atomic mass is 9.90. The predicted octanol–water partition coefficient (Wildman–Crippen LogP) is 28.6. The molecule has 0 amide bonds. The summed E-state index contributed by atoms with van der Waals surface area (Å²) in [6, 6.07) is 70.8. The van der Waals surface area contributed by atoms with Crippen molar-refractivity contribution in [3.05, 3.63) is 288 Å². The van der Waals surface area contributed by atoms with E-state index in [4.69, 9.17) is 4.42 Å². The zero-order chi connectivity index (χ0) is 85.3. The second kappa shape index (κ2) is 35.7. The second-order valence-electron chi connectivity index (χ2n) is 39.6. The normalized spacial score (nSPS) is 12.2. The molecule has 0 saturated carbocycles. The Balaban J connectivity index is 0.000000139. The molecule has 0 atom stereocenters. The standard InChI is InChI=1S/C12H15N.C12H14O.C12H14S.6C11H14N2/c3*1-12(2,3)11-8-9-6-4-5-7-10(9)13-11;1-11(2,3)10-6-8-7-12-5-4-9(8)13-10;1-11(2,3)10-6-8-4-5-12-7-9(8)13-10;1-11(2,3)9-7-8-5-4-6-12-10(8)13-9;2*1-11(2,3)10-12-8-6-4-5-7-9(8)13-10;1-11(2,3)10-8-6-4-5-7-9(8)12-13-10/h4-8,13H,1-3H3;2*4-8H,1-3H3;2*4-7,13H,1-3H3;4*4-7H,1-3H3,(H,12,13). The van der Waals surface area contributed by atoms with Crippen molar-refractivity contribution < 1.29 is 4.42 Å². The highest BCUT2D eigenvalue weighted by Crippen LogP contribution is 2.36. The highest BCUT2D eigenvalue weighted by Gasteiger charge is 2.24. The van der Waals surface area contributed by atoms with E-state index in [-0.39, 0.29) is 48.7 Å². The molecular weight excluding hydrogens is 1460 g/mol. The molecule has 15 heteroatoms. The summed E-state index contributed by atoms with van der Waals surface area (Å²) in [7, 11) is 0. The molecule has 18 aromatic rings. The summed E-state index contributed by atoms with van der Waals surface area (Å²) in [5.41, 5.74) is 18.6. The number of thiophene rings is 1. The number of fused-ring (bicyclic) bond motifs is 9. The molecule has 12 aromatic heterocycles. The van der Waals surface area contributed by atoms with E-state index in [1.807, 2.05) is 133 Å². The van der Waals surface area contributed by atoms with Crippen molar-refractivity contribution in [2.45, 2.75) is 236 Å². The summed E-state index contributed by atoms with van der Waals surface area (Å²) in [5.74, 6) is 3.15. The molecule has 612 valence electrons. The molecule has 0 unspecified atom stereocenters. The fraction of sp³-hybridized carbons (Fsp3) is 0.353. The maximum Gasteiger partial charge on any atom is 0.137 e. The third kappa shape index (κ3) is 24.0. The lowest BCUT2D eigenvalue weighted by molar-refractivity contribution is 0.430. The number of H-pyrrole nitrogens is 7. The number of nitrogens with zero attached hydrogens (tertiary/aromatic N) is 6. The van der Waals surface area contributed by atoms with Crippen LogP contribution in [-0.4, -0.2) is 65.0 Å². The van der Waals surface area contributed by atoms with Crippen LogP contribution in [-0.2, 0) is 48.7 Å². The van der Waals surface area contributed by atoms with E-state index in [1.165, 1.54) is 86.8 Å². The maximum absolute atomic E-state index is 5.73. The largest absolute Gasteiger partial charge is 0.461 e. The molecule has 0 fully saturated rings. The van der Waals surface area contributed by atoms with Gasteiger partial charge in [-0.15, -0.1) is 11.3 Å². The van der Waals surface area contributed by atoms with Crippen LogP contribution < -0.4 is 0 Å². The molecule has 0 aliphatic rings. The first-order chi connectivity index (χ1) is 54.7. The third-order valence-corrected chi connectivity index (χ3v) is 21.3. The Hall–Kier alpha value is -11.2. The number of furan rings is 1. The Morgan fingerprint density at radius 1 is 0.299 bits per heavy atom. The molecule has 0 radical (unpaired) electrons. The molecule has 0 saturated heterocycles. The molecular formula is C102H127N13OS. The monoisotopic (exact) mass is 1580 g/mol. The highest BCUT2D eigenvalue weighted by molar-refractivity contribution is 7.19. The van der Waals surface area contributed by atoms with E-state index in [0.29, 0.717) is 0 Å². The zero-order valence-corrected chi connectivity index (χ0v) is 75.3. The molecule has 7 N–H and O–H groups in total. The molecule has 12 heterocycles. The minimum atomic E-state index is 0.0962. The number of hydrogen-bond acceptors (Lipinski definition) is 8. The summed E-state index contributed by atoms with van der Waals surface area (Å²) in [4.78, 5) is 43.1. The van der Waals surface area contributed by atoms with Gasteiger partial charge in [-0.1, -0.05) is 284 Å². The van der Waals surface area contributed by atoms with E-state index >= 15 is 0 Å². The number of aromatic amines is 7. The summed E-state index contributed by atoms with van der Waals surface area (Å²) < 4.78 is 7.13. The summed E-state index contributed by atoms with van der Waals surface area (Å²) in [5, 5.41) is 16.1. The first-order valence-corrected chi connectivity index (χ1v) is 41.7. The van der Waals surface area contributed by atoms with Gasteiger partial charge >= 0.3 is 0 Å². The number of pyridine rings is 3. The number of imidazole rings is 2. The first kappa shape index (κ1) is 88.2. The molecule has 117 heavy (non-hydrogen) atoms. The number of para-hydroxylation sites is 7. The van der Waals surface area contributed by atoms with E-state index < -0.39 is 0 Å². The van der Waals surface area contributed by atoms with Crippen molar-refractivity contribution in [3.63, 3.8) is 0 Å². The summed E-state index contributed by atoms with van der Waals surface area (Å²) in [6.07, 6.45) is 9.20. The van der Waals surface area contributed by atoms with Crippen LogP contribution in [0.1, 0.15) is 238 Å². The van der Waals surface area contributed by atoms with Crippen molar-refractivity contribution >= 4 is 109 Å². The van der Waals surface area contributed by atoms with Gasteiger partial charge in [0.05, 0.1) is 39.3 Å². The van der Waals surface area contributed by atoms with Gasteiger partial charge in [-0.05, 0) is 125 Å². The minimum Gasteiger partial charge on any atom is -0.461 e. The maximum atomic E-state index is 5.73. The van der Waals surface area contributed by atoms with Crippen LogP contribution in [0.2, 0.25) is 0 Å². The van der Waals surface area contributed by atoms with E-state index in [9.17, 15) is 0 Å². The molecule has 0 bridgehead atoms. The molecule has 18 rings (SSSR count). The van der Waals surface area contributed by atoms with Crippen molar-refractivity contribution in [2.24, 2.45) is 0 Å². The second-order valence-corrected chi connectivity index (χ2v) is 40.6. The smallest absolute Gasteiger partial charge is 0.137 e. The summed E-state index contributed by atoms with van der Waals surface area (Å²) >= 11 is 1.90. The van der Waals surface area contributed by atoms with Gasteiger partial charge in [0, 0.05) is 144 Å². The fourth-order valence-electron chi connectivity index (χ4n) is 12.4. The van der Waals surface area contributed by atoms with Gasteiger partial charge in [-0.25, -0.2) is 15.0 Å². The van der Waals surface area contributed by atoms with Gasteiger partial charge in [0.1, 0.15) is 28.6 Å². The highest BCUT2D eigenvalue weighted by atomic mass is 32.1. The Kier molecular flexibility index (Phi) is 26.9. The number of nitrogens with one attached hydrogen (secondary N) is 7. The average molecular weight is 1580 g/mol. The lowest BCUT2D eigenvalue weighted by Crippen LogP contribution is -2.12. The Morgan fingerprint density at radius 2 is 0.735 bits per heavy atom. The zero-order valence-electron chi connectivity index (χ0n) is 74.5. The lowest BCUT2D eigenvalue weighted by Gasteiger charge is -2.16. The van der Waals surface area contributed by atoms with Crippen LogP contribution in [0.5, 0.6) is 0 Å². The van der Waals surface area contributed by atoms with Gasteiger partial charge in [0.25, 0.3) is 0 Å². The average Bonchev–Trinajstić information content (AvgIpc) is 1.62. The first-order valence-electron chi connectivity index (χ1n) is 40.9. The van der Waals surface area contributed by atoms with Gasteiger partial charge in [-0.3, -0.25) is 15.1 Å². The van der Waals surface area contributed by atoms with Gasteiger partial charge < -0.3 is 34.3 Å². The van der Waals surface area contributed by atoms with E-state index in [0.717, 1.165) is 61.7 Å². The molecule has 14 nitrogen and oxygen atoms in total. The van der Waals surface area contributed by atoms with Gasteiger partial charge in [0.2, 0.25) is 0 Å². The fourth-order valence-corrected chi connectivity index (χ4v) is 13.6. The van der Waals surface area contributed by atoms with Gasteiger partial charge in [0.15, 0.2) is 0 Å². The molecule has 0 aliphatic carbocycles. The van der Waals surface area contributed by atoms with E-state index in [2.05, 4.69) is 367 Å². The van der Waals surface area contributed by atoms with Gasteiger partial charge in [-0.2, -0.15) is 5.10 Å². The van der Waals surface area contributed by atoms with Crippen LogP contribution in [0.25, 0.3) is 97.8 Å².